The monoisotopic (exact) mass is 313 g/mol. The van der Waals surface area contributed by atoms with Gasteiger partial charge < -0.3 is 5.11 Å². The number of amides is 1. The molecule has 0 aliphatic rings. The molecule has 4 nitrogen and oxygen atoms in total. The molecule has 0 heterocycles. The summed E-state index contributed by atoms with van der Waals surface area (Å²) < 4.78 is 0. The Bertz CT molecular complexity index is 596. The second-order valence-corrected chi connectivity index (χ2v) is 5.62. The fourth-order valence-corrected chi connectivity index (χ4v) is 2.47. The van der Waals surface area contributed by atoms with E-state index in [1.807, 2.05) is 30.3 Å². The molecule has 23 heavy (non-hydrogen) atoms. The number of carbonyl (C=O) groups excluding carboxylic acids is 1. The molecule has 2 rings (SSSR count). The molecular weight excluding hydrogens is 290 g/mol. The molecule has 0 aromatic heterocycles. The molecule has 0 aliphatic carbocycles. The maximum atomic E-state index is 11.5. The van der Waals surface area contributed by atoms with Crippen LogP contribution in [0.2, 0.25) is 0 Å². The topological polar surface area (TPSA) is 60.8 Å². The van der Waals surface area contributed by atoms with Crippen molar-refractivity contribution in [1.29, 1.82) is 0 Å². The molecule has 2 N–H and O–H groups in total. The zero-order chi connectivity index (χ0) is 16.5. The van der Waals surface area contributed by atoms with Crippen molar-refractivity contribution < 1.29 is 15.1 Å². The van der Waals surface area contributed by atoms with Crippen LogP contribution in [0.25, 0.3) is 0 Å². The van der Waals surface area contributed by atoms with E-state index < -0.39 is 12.6 Å². The predicted octanol–water partition coefficient (Wildman–Crippen LogP) is 2.96. The predicted molar refractivity (Wildman–Crippen MR) is 88.9 cm³/mol. The molecule has 2 aromatic carbocycles. The van der Waals surface area contributed by atoms with Gasteiger partial charge in [0.2, 0.25) is 0 Å². The van der Waals surface area contributed by atoms with Crippen LogP contribution in [-0.4, -0.2) is 28.0 Å². The minimum absolute atomic E-state index is 0.0886. The number of rotatable bonds is 8. The zero-order valence-corrected chi connectivity index (χ0v) is 13.2. The summed E-state index contributed by atoms with van der Waals surface area (Å²) in [5.74, 6) is -0.511. The SMILES string of the molecule is O=C(Cc1ccc(CCCCc2ccccc2)cc1)N(O)CO. The van der Waals surface area contributed by atoms with Crippen LogP contribution in [0, 0.1) is 0 Å². The number of unbranched alkanes of at least 4 members (excludes halogenated alkanes) is 1. The third-order valence-corrected chi connectivity index (χ3v) is 3.82. The first-order valence-electron chi connectivity index (χ1n) is 7.91. The summed E-state index contributed by atoms with van der Waals surface area (Å²) in [4.78, 5) is 11.5. The molecule has 0 unspecified atom stereocenters. The Morgan fingerprint density at radius 1 is 0.826 bits per heavy atom. The summed E-state index contributed by atoms with van der Waals surface area (Å²) >= 11 is 0. The van der Waals surface area contributed by atoms with Gasteiger partial charge in [-0.2, -0.15) is 5.06 Å². The number of hydrogen-bond acceptors (Lipinski definition) is 3. The van der Waals surface area contributed by atoms with Gasteiger partial charge in [0, 0.05) is 0 Å². The summed E-state index contributed by atoms with van der Waals surface area (Å²) in [7, 11) is 0. The van der Waals surface area contributed by atoms with Crippen LogP contribution in [0.1, 0.15) is 29.5 Å². The summed E-state index contributed by atoms with van der Waals surface area (Å²) in [6.45, 7) is -0.682. The smallest absolute Gasteiger partial charge is 0.252 e. The van der Waals surface area contributed by atoms with Crippen molar-refractivity contribution in [3.63, 3.8) is 0 Å². The van der Waals surface area contributed by atoms with Crippen LogP contribution in [0.3, 0.4) is 0 Å². The van der Waals surface area contributed by atoms with E-state index in [9.17, 15) is 4.79 Å². The average Bonchev–Trinajstić information content (AvgIpc) is 2.60. The first-order valence-corrected chi connectivity index (χ1v) is 7.91. The van der Waals surface area contributed by atoms with Gasteiger partial charge in [0.05, 0.1) is 6.42 Å². The molecule has 122 valence electrons. The molecule has 0 spiro atoms. The molecule has 0 radical (unpaired) electrons. The second-order valence-electron chi connectivity index (χ2n) is 5.62. The highest BCUT2D eigenvalue weighted by Crippen LogP contribution is 2.11. The number of hydroxylamine groups is 2. The molecule has 0 atom stereocenters. The fraction of sp³-hybridized carbons (Fsp3) is 0.316. The Morgan fingerprint density at radius 3 is 1.91 bits per heavy atom. The Kier molecular flexibility index (Phi) is 6.78. The van der Waals surface area contributed by atoms with E-state index in [0.717, 1.165) is 31.2 Å². The molecule has 0 saturated heterocycles. The van der Waals surface area contributed by atoms with E-state index in [2.05, 4.69) is 24.3 Å². The highest BCUT2D eigenvalue weighted by Gasteiger charge is 2.10. The molecular formula is C19H23NO3. The average molecular weight is 313 g/mol. The maximum absolute atomic E-state index is 11.5. The number of carbonyl (C=O) groups is 1. The van der Waals surface area contributed by atoms with E-state index in [-0.39, 0.29) is 6.42 Å². The first kappa shape index (κ1) is 17.2. The van der Waals surface area contributed by atoms with Gasteiger partial charge >= 0.3 is 0 Å². The van der Waals surface area contributed by atoms with E-state index in [1.165, 1.54) is 11.1 Å². The summed E-state index contributed by atoms with van der Waals surface area (Å²) in [6.07, 6.45) is 4.48. The molecule has 0 fully saturated rings. The third-order valence-electron chi connectivity index (χ3n) is 3.82. The van der Waals surface area contributed by atoms with Gasteiger partial charge in [-0.25, -0.2) is 0 Å². The van der Waals surface area contributed by atoms with Crippen molar-refractivity contribution in [2.75, 3.05) is 6.73 Å². The van der Waals surface area contributed by atoms with Crippen molar-refractivity contribution in [3.05, 3.63) is 71.3 Å². The lowest BCUT2D eigenvalue weighted by molar-refractivity contribution is -0.179. The normalized spacial score (nSPS) is 10.5. The van der Waals surface area contributed by atoms with Crippen molar-refractivity contribution in [2.24, 2.45) is 0 Å². The Labute approximate surface area is 137 Å². The summed E-state index contributed by atoms with van der Waals surface area (Å²) in [5.41, 5.74) is 3.45. The number of benzene rings is 2. The van der Waals surface area contributed by atoms with Crippen LogP contribution in [0.15, 0.2) is 54.6 Å². The molecule has 0 bridgehead atoms. The minimum atomic E-state index is -0.682. The van der Waals surface area contributed by atoms with Crippen LogP contribution in [-0.2, 0) is 24.1 Å². The maximum Gasteiger partial charge on any atom is 0.252 e. The van der Waals surface area contributed by atoms with E-state index in [1.54, 1.807) is 0 Å². The standard InChI is InChI=1S/C19H23NO3/c21-15-20(23)19(22)14-18-12-10-17(11-13-18)9-5-4-8-16-6-2-1-3-7-16/h1-3,6-7,10-13,21,23H,4-5,8-9,14-15H2. The van der Waals surface area contributed by atoms with Crippen molar-refractivity contribution in [2.45, 2.75) is 32.1 Å². The summed E-state index contributed by atoms with van der Waals surface area (Å²) in [6, 6.07) is 18.3. The number of hydrogen-bond donors (Lipinski definition) is 2. The lowest BCUT2D eigenvalue weighted by Gasteiger charge is -2.11. The van der Waals surface area contributed by atoms with Gasteiger partial charge in [-0.15, -0.1) is 0 Å². The number of nitrogens with zero attached hydrogens (tertiary/aromatic N) is 1. The largest absolute Gasteiger partial charge is 0.374 e. The molecule has 0 saturated carbocycles. The van der Waals surface area contributed by atoms with Crippen LogP contribution in [0.4, 0.5) is 0 Å². The Balaban J connectivity index is 1.73. The quantitative estimate of drug-likeness (QED) is 0.341. The highest BCUT2D eigenvalue weighted by molar-refractivity contribution is 5.77. The highest BCUT2D eigenvalue weighted by atomic mass is 16.5. The van der Waals surface area contributed by atoms with Crippen molar-refractivity contribution >= 4 is 5.91 Å². The number of aryl methyl sites for hydroxylation is 2. The fourth-order valence-electron chi connectivity index (χ4n) is 2.47. The molecule has 4 heteroatoms. The van der Waals surface area contributed by atoms with Gasteiger partial charge in [0.25, 0.3) is 5.91 Å². The van der Waals surface area contributed by atoms with Crippen LogP contribution in [0.5, 0.6) is 0 Å². The Morgan fingerprint density at radius 2 is 1.35 bits per heavy atom. The van der Waals surface area contributed by atoms with Crippen LogP contribution < -0.4 is 0 Å². The lowest BCUT2D eigenvalue weighted by atomic mass is 10.0. The Hall–Kier alpha value is -2.17. The van der Waals surface area contributed by atoms with Crippen molar-refractivity contribution in [3.8, 4) is 0 Å². The lowest BCUT2D eigenvalue weighted by Crippen LogP contribution is -2.29. The zero-order valence-electron chi connectivity index (χ0n) is 13.2. The van der Waals surface area contributed by atoms with Gasteiger partial charge in [-0.05, 0) is 42.4 Å². The van der Waals surface area contributed by atoms with E-state index in [0.29, 0.717) is 5.06 Å². The molecule has 1 amide bonds. The van der Waals surface area contributed by atoms with Gasteiger partial charge in [-0.1, -0.05) is 54.6 Å². The number of aliphatic hydroxyl groups excluding tert-OH is 1. The second kappa shape index (κ2) is 9.08. The van der Waals surface area contributed by atoms with Gasteiger partial charge in [0.15, 0.2) is 0 Å². The third kappa shape index (κ3) is 5.85. The molecule has 2 aromatic rings. The first-order chi connectivity index (χ1) is 11.2. The van der Waals surface area contributed by atoms with E-state index in [4.69, 9.17) is 10.3 Å². The summed E-state index contributed by atoms with van der Waals surface area (Å²) in [5, 5.41) is 18.1. The van der Waals surface area contributed by atoms with Crippen molar-refractivity contribution in [1.82, 2.24) is 5.06 Å². The number of aliphatic hydroxyl groups is 1. The van der Waals surface area contributed by atoms with Gasteiger partial charge in [-0.3, -0.25) is 10.0 Å². The molecule has 0 aliphatic heterocycles. The van der Waals surface area contributed by atoms with E-state index >= 15 is 0 Å². The minimum Gasteiger partial charge on any atom is -0.374 e. The van der Waals surface area contributed by atoms with Gasteiger partial charge in [0.1, 0.15) is 6.73 Å². The van der Waals surface area contributed by atoms with Crippen LogP contribution >= 0.6 is 0 Å².